The molecule has 2 bridgehead atoms. The summed E-state index contributed by atoms with van der Waals surface area (Å²) in [6.45, 7) is 13.0. The molecular weight excluding hydrogens is 404 g/mol. The van der Waals surface area contributed by atoms with Crippen LogP contribution in [0, 0.1) is 11.3 Å². The monoisotopic (exact) mass is 444 g/mol. The van der Waals surface area contributed by atoms with Crippen LogP contribution in [0.4, 0.5) is 0 Å². The highest BCUT2D eigenvalue weighted by molar-refractivity contribution is 5.31. The second-order valence-corrected chi connectivity index (χ2v) is 9.92. The Hall–Kier alpha value is -1.53. The molecule has 0 aliphatic carbocycles. The Labute approximate surface area is 193 Å². The number of nitrogens with one attached hydrogen (secondary N) is 1. The quantitative estimate of drug-likeness (QED) is 0.416. The molecule has 2 aliphatic rings. The topological polar surface area (TPSA) is 70.0 Å². The van der Waals surface area contributed by atoms with Crippen molar-refractivity contribution in [2.24, 2.45) is 0 Å². The highest BCUT2D eigenvalue weighted by atomic mass is 16.7. The molecule has 1 aromatic carbocycles. The summed E-state index contributed by atoms with van der Waals surface area (Å²) in [7, 11) is 1.67. The molecule has 178 valence electrons. The molecule has 0 amide bonds. The molecule has 3 unspecified atom stereocenters. The van der Waals surface area contributed by atoms with Crippen LogP contribution in [-0.4, -0.2) is 86.9 Å². The van der Waals surface area contributed by atoms with Gasteiger partial charge in [0.2, 0.25) is 6.41 Å². The largest absolute Gasteiger partial charge is 0.370 e. The lowest BCUT2D eigenvalue weighted by atomic mass is 10.1. The molecule has 1 aromatic rings. The first-order valence-corrected chi connectivity index (χ1v) is 11.9. The molecule has 0 saturated carbocycles. The number of ether oxygens (including phenoxy) is 3. The minimum Gasteiger partial charge on any atom is -0.370 e. The standard InChI is InChI=1S/C25H40N4O3/c1-25(2,3)32-24(30-4)27-12-14-29-18-22-16-28(17-23(19-29)31-22)13-6-5-7-20-8-10-21(15-26)11-9-20/h8-11,22-24,27H,5-7,12-14,16-19H2,1-4H3. The summed E-state index contributed by atoms with van der Waals surface area (Å²) in [4.78, 5) is 5.07. The lowest BCUT2D eigenvalue weighted by Gasteiger charge is -2.46. The maximum atomic E-state index is 8.90. The van der Waals surface area contributed by atoms with Crippen molar-refractivity contribution in [3.05, 3.63) is 35.4 Å². The Bertz CT molecular complexity index is 714. The number of fused-ring (bicyclic) bond motifs is 2. The van der Waals surface area contributed by atoms with E-state index in [9.17, 15) is 0 Å². The van der Waals surface area contributed by atoms with Crippen LogP contribution in [0.15, 0.2) is 24.3 Å². The smallest absolute Gasteiger partial charge is 0.216 e. The zero-order valence-electron chi connectivity index (χ0n) is 20.2. The number of benzene rings is 1. The van der Waals surface area contributed by atoms with Crippen molar-refractivity contribution in [2.45, 2.75) is 64.3 Å². The van der Waals surface area contributed by atoms with E-state index in [1.807, 2.05) is 32.9 Å². The van der Waals surface area contributed by atoms with E-state index < -0.39 is 0 Å². The molecule has 1 N–H and O–H groups in total. The first kappa shape index (κ1) is 25.1. The van der Waals surface area contributed by atoms with Crippen molar-refractivity contribution in [1.82, 2.24) is 15.1 Å². The molecule has 7 heteroatoms. The van der Waals surface area contributed by atoms with Gasteiger partial charge in [0.1, 0.15) is 0 Å². The zero-order chi connectivity index (χ0) is 23.0. The lowest BCUT2D eigenvalue weighted by Crippen LogP contribution is -2.60. The van der Waals surface area contributed by atoms with Gasteiger partial charge in [0.25, 0.3) is 0 Å². The van der Waals surface area contributed by atoms with E-state index in [1.54, 1.807) is 7.11 Å². The van der Waals surface area contributed by atoms with Crippen molar-refractivity contribution in [2.75, 3.05) is 52.9 Å². The molecule has 7 nitrogen and oxygen atoms in total. The van der Waals surface area contributed by atoms with Crippen molar-refractivity contribution in [1.29, 1.82) is 5.26 Å². The Morgan fingerprint density at radius 3 is 2.25 bits per heavy atom. The molecule has 2 fully saturated rings. The van der Waals surface area contributed by atoms with Gasteiger partial charge in [-0.2, -0.15) is 5.26 Å². The van der Waals surface area contributed by atoms with Crippen LogP contribution in [0.2, 0.25) is 0 Å². The van der Waals surface area contributed by atoms with Crippen LogP contribution in [0.3, 0.4) is 0 Å². The summed E-state index contributed by atoms with van der Waals surface area (Å²) in [5.74, 6) is 0. The van der Waals surface area contributed by atoms with Crippen LogP contribution in [-0.2, 0) is 20.6 Å². The molecule has 2 aliphatic heterocycles. The fourth-order valence-corrected chi connectivity index (χ4v) is 4.47. The van der Waals surface area contributed by atoms with Gasteiger partial charge in [-0.25, -0.2) is 0 Å². The van der Waals surface area contributed by atoms with E-state index in [-0.39, 0.29) is 12.0 Å². The third-order valence-electron chi connectivity index (χ3n) is 5.92. The molecule has 2 heterocycles. The summed E-state index contributed by atoms with van der Waals surface area (Å²) in [5.41, 5.74) is 1.81. The molecule has 32 heavy (non-hydrogen) atoms. The van der Waals surface area contributed by atoms with Crippen LogP contribution in [0.25, 0.3) is 0 Å². The highest BCUT2D eigenvalue weighted by Crippen LogP contribution is 2.20. The summed E-state index contributed by atoms with van der Waals surface area (Å²) < 4.78 is 17.5. The summed E-state index contributed by atoms with van der Waals surface area (Å²) in [6, 6.07) is 10.1. The lowest BCUT2D eigenvalue weighted by molar-refractivity contribution is -0.198. The molecule has 0 radical (unpaired) electrons. The van der Waals surface area contributed by atoms with Crippen molar-refractivity contribution >= 4 is 0 Å². The fraction of sp³-hybridized carbons (Fsp3) is 0.720. The van der Waals surface area contributed by atoms with Crippen molar-refractivity contribution in [3.63, 3.8) is 0 Å². The average Bonchev–Trinajstić information content (AvgIpc) is 2.75. The number of nitrogens with zero attached hydrogens (tertiary/aromatic N) is 3. The molecule has 0 aromatic heterocycles. The zero-order valence-corrected chi connectivity index (χ0v) is 20.2. The van der Waals surface area contributed by atoms with Gasteiger partial charge in [-0.3, -0.25) is 15.1 Å². The van der Waals surface area contributed by atoms with Crippen LogP contribution in [0.1, 0.15) is 44.7 Å². The van der Waals surface area contributed by atoms with Gasteiger partial charge in [-0.15, -0.1) is 0 Å². The van der Waals surface area contributed by atoms with Crippen LogP contribution >= 0.6 is 0 Å². The van der Waals surface area contributed by atoms with Gasteiger partial charge in [-0.05, 0) is 64.3 Å². The molecular formula is C25H40N4O3. The summed E-state index contributed by atoms with van der Waals surface area (Å²) in [5, 5.41) is 12.2. The molecule has 3 atom stereocenters. The number of methoxy groups -OCH3 is 1. The Balaban J connectivity index is 1.32. The van der Waals surface area contributed by atoms with E-state index in [0.29, 0.717) is 12.2 Å². The first-order chi connectivity index (χ1) is 15.3. The van der Waals surface area contributed by atoms with Gasteiger partial charge >= 0.3 is 0 Å². The number of morpholine rings is 2. The molecule has 0 spiro atoms. The second-order valence-electron chi connectivity index (χ2n) is 9.92. The fourth-order valence-electron chi connectivity index (χ4n) is 4.47. The minimum absolute atomic E-state index is 0.241. The summed E-state index contributed by atoms with van der Waals surface area (Å²) in [6.07, 6.45) is 3.66. The van der Waals surface area contributed by atoms with Crippen molar-refractivity contribution < 1.29 is 14.2 Å². The average molecular weight is 445 g/mol. The number of aryl methyl sites for hydroxylation is 1. The summed E-state index contributed by atoms with van der Waals surface area (Å²) >= 11 is 0. The number of hydrogen-bond acceptors (Lipinski definition) is 7. The maximum Gasteiger partial charge on any atom is 0.216 e. The number of nitriles is 1. The number of unbranched alkanes of at least 4 members (excludes halogenated alkanes) is 1. The van der Waals surface area contributed by atoms with E-state index in [2.05, 4.69) is 33.3 Å². The van der Waals surface area contributed by atoms with Gasteiger partial charge in [0, 0.05) is 46.4 Å². The Morgan fingerprint density at radius 2 is 1.69 bits per heavy atom. The van der Waals surface area contributed by atoms with E-state index in [1.165, 1.54) is 18.4 Å². The van der Waals surface area contributed by atoms with Crippen molar-refractivity contribution in [3.8, 4) is 6.07 Å². The maximum absolute atomic E-state index is 8.90. The third kappa shape index (κ3) is 8.43. The van der Waals surface area contributed by atoms with Gasteiger partial charge < -0.3 is 14.2 Å². The van der Waals surface area contributed by atoms with Gasteiger partial charge in [0.05, 0.1) is 29.4 Å². The second kappa shape index (κ2) is 12.1. The Morgan fingerprint density at radius 1 is 1.06 bits per heavy atom. The van der Waals surface area contributed by atoms with E-state index >= 15 is 0 Å². The number of hydrogen-bond donors (Lipinski definition) is 1. The number of rotatable bonds is 11. The predicted octanol–water partition coefficient (Wildman–Crippen LogP) is 2.60. The van der Waals surface area contributed by atoms with Crippen LogP contribution in [0.5, 0.6) is 0 Å². The highest BCUT2D eigenvalue weighted by Gasteiger charge is 2.34. The molecule has 2 saturated heterocycles. The Kier molecular flexibility index (Phi) is 9.47. The molecule has 3 rings (SSSR count). The van der Waals surface area contributed by atoms with E-state index in [4.69, 9.17) is 19.5 Å². The third-order valence-corrected chi connectivity index (χ3v) is 5.92. The van der Waals surface area contributed by atoms with E-state index in [0.717, 1.165) is 57.8 Å². The van der Waals surface area contributed by atoms with Gasteiger partial charge in [-0.1, -0.05) is 12.1 Å². The predicted molar refractivity (Wildman–Crippen MR) is 125 cm³/mol. The van der Waals surface area contributed by atoms with Gasteiger partial charge in [0.15, 0.2) is 0 Å². The normalized spacial score (nSPS) is 23.1. The minimum atomic E-state index is -0.379. The SMILES string of the molecule is COC(NCCN1CC2CN(CCCCc3ccc(C#N)cc3)CC(C1)O2)OC(C)(C)C. The first-order valence-electron chi connectivity index (χ1n) is 11.9. The van der Waals surface area contributed by atoms with Crippen LogP contribution < -0.4 is 5.32 Å².